The number of amides is 1. The fraction of sp³-hybridized carbons (Fsp3) is 0.143. The van der Waals surface area contributed by atoms with Crippen molar-refractivity contribution in [2.24, 2.45) is 0 Å². The minimum Gasteiger partial charge on any atom is -0.493 e. The molecule has 1 amide bonds. The standard InChI is InChI=1S/C21H17F2N3O4S/c1-11(27)14(8-12-4-6-15(22)16(23)9-12)19-24-21(31-26-19)25-20(28)13-5-7-17(29-2)18(10-13)30-3/h4-10H,1-3H3,(H,24,25,26,28)/b14-8-. The van der Waals surface area contributed by atoms with Crippen molar-refractivity contribution in [3.63, 3.8) is 0 Å². The Hall–Kier alpha value is -3.66. The molecule has 3 rings (SSSR count). The Balaban J connectivity index is 1.83. The van der Waals surface area contributed by atoms with Crippen LogP contribution in [0.2, 0.25) is 0 Å². The summed E-state index contributed by atoms with van der Waals surface area (Å²) < 4.78 is 41.0. The molecule has 0 aliphatic rings. The zero-order chi connectivity index (χ0) is 22.5. The molecule has 0 radical (unpaired) electrons. The van der Waals surface area contributed by atoms with Crippen molar-refractivity contribution < 1.29 is 27.8 Å². The largest absolute Gasteiger partial charge is 0.493 e. The summed E-state index contributed by atoms with van der Waals surface area (Å²) in [5.74, 6) is -1.94. The van der Waals surface area contributed by atoms with Crippen LogP contribution in [0.4, 0.5) is 13.9 Å². The summed E-state index contributed by atoms with van der Waals surface area (Å²) in [5, 5.41) is 2.76. The predicted octanol–water partition coefficient (Wildman–Crippen LogP) is 4.22. The number of ether oxygens (including phenoxy) is 2. The minimum absolute atomic E-state index is 0.0600. The number of Topliss-reactive ketones (excluding diaryl/α,β-unsaturated/α-hetero) is 1. The second-order valence-electron chi connectivity index (χ2n) is 6.23. The van der Waals surface area contributed by atoms with Crippen LogP contribution in [-0.2, 0) is 4.79 Å². The maximum atomic E-state index is 13.5. The molecule has 0 fully saturated rings. The van der Waals surface area contributed by atoms with Crippen LogP contribution >= 0.6 is 11.5 Å². The predicted molar refractivity (Wildman–Crippen MR) is 112 cm³/mol. The molecule has 3 aromatic rings. The fourth-order valence-electron chi connectivity index (χ4n) is 2.62. The number of aromatic nitrogens is 2. The van der Waals surface area contributed by atoms with Gasteiger partial charge in [0, 0.05) is 17.1 Å². The topological polar surface area (TPSA) is 90.4 Å². The molecule has 0 aliphatic heterocycles. The number of hydrogen-bond donors (Lipinski definition) is 1. The van der Waals surface area contributed by atoms with E-state index in [1.807, 2.05) is 0 Å². The second-order valence-corrected chi connectivity index (χ2v) is 6.99. The second kappa shape index (κ2) is 9.43. The van der Waals surface area contributed by atoms with Crippen LogP contribution in [0.15, 0.2) is 36.4 Å². The van der Waals surface area contributed by atoms with Crippen molar-refractivity contribution in [1.82, 2.24) is 9.36 Å². The number of carbonyl (C=O) groups is 2. The van der Waals surface area contributed by atoms with Crippen molar-refractivity contribution in [1.29, 1.82) is 0 Å². The average Bonchev–Trinajstić information content (AvgIpc) is 3.21. The van der Waals surface area contributed by atoms with Gasteiger partial charge < -0.3 is 9.47 Å². The molecule has 0 aliphatic carbocycles. The van der Waals surface area contributed by atoms with E-state index in [2.05, 4.69) is 14.7 Å². The molecule has 1 aromatic heterocycles. The number of allylic oxidation sites excluding steroid dienone is 1. The normalized spacial score (nSPS) is 11.2. The van der Waals surface area contributed by atoms with Crippen LogP contribution in [-0.4, -0.2) is 35.3 Å². The van der Waals surface area contributed by atoms with Crippen LogP contribution in [0, 0.1) is 11.6 Å². The summed E-state index contributed by atoms with van der Waals surface area (Å²) in [6.45, 7) is 1.30. The molecule has 0 saturated carbocycles. The Kier molecular flexibility index (Phi) is 6.71. The number of hydrogen-bond acceptors (Lipinski definition) is 7. The van der Waals surface area contributed by atoms with Crippen molar-refractivity contribution in [2.75, 3.05) is 19.5 Å². The third kappa shape index (κ3) is 5.10. The molecule has 0 atom stereocenters. The molecule has 0 spiro atoms. The number of nitrogens with zero attached hydrogens (tertiary/aromatic N) is 2. The molecule has 0 saturated heterocycles. The first-order valence-corrected chi connectivity index (χ1v) is 9.65. The smallest absolute Gasteiger partial charge is 0.257 e. The summed E-state index contributed by atoms with van der Waals surface area (Å²) in [7, 11) is 2.94. The van der Waals surface area contributed by atoms with Gasteiger partial charge >= 0.3 is 0 Å². The minimum atomic E-state index is -1.04. The molecule has 0 bridgehead atoms. The summed E-state index contributed by atoms with van der Waals surface area (Å²) in [5.41, 5.74) is 0.669. The van der Waals surface area contributed by atoms with E-state index in [4.69, 9.17) is 9.47 Å². The lowest BCUT2D eigenvalue weighted by Gasteiger charge is -2.09. The maximum Gasteiger partial charge on any atom is 0.257 e. The Morgan fingerprint density at radius 2 is 1.77 bits per heavy atom. The first-order valence-electron chi connectivity index (χ1n) is 8.87. The number of nitrogens with one attached hydrogen (secondary N) is 1. The number of benzene rings is 2. The first kappa shape index (κ1) is 22.0. The van der Waals surface area contributed by atoms with Gasteiger partial charge in [-0.1, -0.05) is 6.07 Å². The quantitative estimate of drug-likeness (QED) is 0.548. The van der Waals surface area contributed by atoms with Gasteiger partial charge in [-0.05, 0) is 48.9 Å². The van der Waals surface area contributed by atoms with Crippen molar-refractivity contribution in [3.8, 4) is 11.5 Å². The third-order valence-electron chi connectivity index (χ3n) is 4.17. The van der Waals surface area contributed by atoms with Gasteiger partial charge in [0.05, 0.1) is 19.8 Å². The molecule has 10 heteroatoms. The number of halogens is 2. The highest BCUT2D eigenvalue weighted by Crippen LogP contribution is 2.28. The SMILES string of the molecule is COc1ccc(C(=O)Nc2nc(/C(=C\c3ccc(F)c(F)c3)C(C)=O)ns2)cc1OC. The highest BCUT2D eigenvalue weighted by Gasteiger charge is 2.17. The van der Waals surface area contributed by atoms with E-state index in [9.17, 15) is 18.4 Å². The number of rotatable bonds is 7. The summed E-state index contributed by atoms with van der Waals surface area (Å²) in [6.07, 6.45) is 1.35. The summed E-state index contributed by atoms with van der Waals surface area (Å²) >= 11 is 0.876. The van der Waals surface area contributed by atoms with Gasteiger partial charge in [-0.3, -0.25) is 14.9 Å². The van der Waals surface area contributed by atoms with Gasteiger partial charge in [0.1, 0.15) is 0 Å². The van der Waals surface area contributed by atoms with E-state index in [0.717, 1.165) is 23.7 Å². The van der Waals surface area contributed by atoms with Crippen LogP contribution in [0.3, 0.4) is 0 Å². The maximum absolute atomic E-state index is 13.5. The molecule has 0 unspecified atom stereocenters. The number of methoxy groups -OCH3 is 2. The van der Waals surface area contributed by atoms with Gasteiger partial charge in [-0.2, -0.15) is 9.36 Å². The lowest BCUT2D eigenvalue weighted by molar-refractivity contribution is -0.111. The van der Waals surface area contributed by atoms with Gasteiger partial charge in [-0.25, -0.2) is 8.78 Å². The number of ketones is 1. The highest BCUT2D eigenvalue weighted by molar-refractivity contribution is 7.10. The zero-order valence-corrected chi connectivity index (χ0v) is 17.5. The van der Waals surface area contributed by atoms with E-state index < -0.39 is 17.5 Å². The van der Waals surface area contributed by atoms with Crippen LogP contribution in [0.25, 0.3) is 11.6 Å². The number of carbonyl (C=O) groups excluding carboxylic acids is 2. The molecular formula is C21H17F2N3O4S. The van der Waals surface area contributed by atoms with Gasteiger partial charge in [0.2, 0.25) is 5.13 Å². The van der Waals surface area contributed by atoms with E-state index in [1.165, 1.54) is 39.4 Å². The number of anilines is 1. The third-order valence-corrected chi connectivity index (χ3v) is 4.80. The monoisotopic (exact) mass is 445 g/mol. The van der Waals surface area contributed by atoms with Crippen LogP contribution in [0.1, 0.15) is 28.7 Å². The molecular weight excluding hydrogens is 428 g/mol. The Morgan fingerprint density at radius 1 is 1.03 bits per heavy atom. The fourth-order valence-corrected chi connectivity index (χ4v) is 3.20. The lowest BCUT2D eigenvalue weighted by Crippen LogP contribution is -2.12. The van der Waals surface area contributed by atoms with Gasteiger partial charge in [-0.15, -0.1) is 0 Å². The van der Waals surface area contributed by atoms with Gasteiger partial charge in [0.25, 0.3) is 5.91 Å². The molecule has 31 heavy (non-hydrogen) atoms. The lowest BCUT2D eigenvalue weighted by atomic mass is 10.1. The van der Waals surface area contributed by atoms with Crippen molar-refractivity contribution in [3.05, 3.63) is 65.0 Å². The van der Waals surface area contributed by atoms with E-state index in [-0.39, 0.29) is 27.9 Å². The van der Waals surface area contributed by atoms with Crippen LogP contribution in [0.5, 0.6) is 11.5 Å². The summed E-state index contributed by atoms with van der Waals surface area (Å²) in [6, 6.07) is 7.92. The molecule has 2 aromatic carbocycles. The Morgan fingerprint density at radius 3 is 2.42 bits per heavy atom. The van der Waals surface area contributed by atoms with Crippen molar-refractivity contribution in [2.45, 2.75) is 6.92 Å². The van der Waals surface area contributed by atoms with Crippen molar-refractivity contribution >= 4 is 40.0 Å². The first-order chi connectivity index (χ1) is 14.8. The summed E-state index contributed by atoms with van der Waals surface area (Å²) in [4.78, 5) is 28.8. The highest BCUT2D eigenvalue weighted by atomic mass is 32.1. The van der Waals surface area contributed by atoms with E-state index in [0.29, 0.717) is 17.1 Å². The van der Waals surface area contributed by atoms with E-state index in [1.54, 1.807) is 12.1 Å². The Bertz CT molecular complexity index is 1180. The van der Waals surface area contributed by atoms with Gasteiger partial charge in [0.15, 0.2) is 34.7 Å². The van der Waals surface area contributed by atoms with E-state index >= 15 is 0 Å². The zero-order valence-electron chi connectivity index (χ0n) is 16.7. The molecule has 1 heterocycles. The molecule has 7 nitrogen and oxygen atoms in total. The molecule has 160 valence electrons. The molecule has 1 N–H and O–H groups in total. The average molecular weight is 445 g/mol. The van der Waals surface area contributed by atoms with Crippen LogP contribution < -0.4 is 14.8 Å². The Labute approximate surface area is 180 Å².